The van der Waals surface area contributed by atoms with Crippen LogP contribution in [0.1, 0.15) is 33.1 Å². The Bertz CT molecular complexity index is 276. The van der Waals surface area contributed by atoms with Crippen molar-refractivity contribution in [3.63, 3.8) is 0 Å². The van der Waals surface area contributed by atoms with E-state index in [0.29, 0.717) is 0 Å². The molecular weight excluding hydrogens is 212 g/mol. The van der Waals surface area contributed by atoms with Crippen LogP contribution in [0.5, 0.6) is 0 Å². The van der Waals surface area contributed by atoms with Gasteiger partial charge >= 0.3 is 5.97 Å². The fourth-order valence-electron chi connectivity index (χ4n) is 1.21. The molecule has 0 rings (SSSR count). The summed E-state index contributed by atoms with van der Waals surface area (Å²) in [5, 5.41) is 10.9. The summed E-state index contributed by atoms with van der Waals surface area (Å²) in [6, 6.07) is -0.697. The van der Waals surface area contributed by atoms with Gasteiger partial charge in [0.1, 0.15) is 6.04 Å². The molecule has 0 fully saturated rings. The zero-order valence-corrected chi connectivity index (χ0v) is 9.53. The number of carboxylic acids is 1. The highest BCUT2D eigenvalue weighted by molar-refractivity contribution is 5.86. The molecule has 0 saturated heterocycles. The van der Waals surface area contributed by atoms with E-state index in [-0.39, 0.29) is 31.1 Å². The van der Waals surface area contributed by atoms with Gasteiger partial charge < -0.3 is 16.2 Å². The fourth-order valence-corrected chi connectivity index (χ4v) is 1.21. The number of nitrogens with two attached hydrogens (primary N) is 1. The number of carboxylic acid groups (broad SMARTS) is 1. The highest BCUT2D eigenvalue weighted by Gasteiger charge is 2.21. The first-order chi connectivity index (χ1) is 7.34. The minimum atomic E-state index is -0.942. The Kier molecular flexibility index (Phi) is 6.14. The molecule has 0 spiro atoms. The van der Waals surface area contributed by atoms with E-state index in [1.807, 2.05) is 0 Å². The lowest BCUT2D eigenvalue weighted by Crippen LogP contribution is -2.47. The smallest absolute Gasteiger partial charge is 0.303 e. The zero-order valence-electron chi connectivity index (χ0n) is 9.53. The van der Waals surface area contributed by atoms with Crippen molar-refractivity contribution in [2.75, 3.05) is 0 Å². The SMILES string of the molecule is CC(C)[C@@H](NC(=O)CCCC(=O)O)C(N)=O. The van der Waals surface area contributed by atoms with Crippen molar-refractivity contribution < 1.29 is 19.5 Å². The fraction of sp³-hybridized carbons (Fsp3) is 0.700. The Morgan fingerprint density at radius 1 is 1.25 bits per heavy atom. The number of aliphatic carboxylic acids is 1. The Hall–Kier alpha value is -1.59. The minimum Gasteiger partial charge on any atom is -0.481 e. The largest absolute Gasteiger partial charge is 0.481 e. The van der Waals surface area contributed by atoms with Crippen LogP contribution in [0.15, 0.2) is 0 Å². The van der Waals surface area contributed by atoms with Crippen molar-refractivity contribution in [2.45, 2.75) is 39.2 Å². The van der Waals surface area contributed by atoms with Gasteiger partial charge in [0.2, 0.25) is 11.8 Å². The van der Waals surface area contributed by atoms with Crippen LogP contribution in [0.3, 0.4) is 0 Å². The van der Waals surface area contributed by atoms with Gasteiger partial charge in [-0.1, -0.05) is 13.8 Å². The molecule has 0 bridgehead atoms. The topological polar surface area (TPSA) is 109 Å². The number of primary amides is 1. The third-order valence-corrected chi connectivity index (χ3v) is 2.08. The molecule has 16 heavy (non-hydrogen) atoms. The quantitative estimate of drug-likeness (QED) is 0.565. The van der Waals surface area contributed by atoms with E-state index < -0.39 is 17.9 Å². The van der Waals surface area contributed by atoms with E-state index in [2.05, 4.69) is 5.32 Å². The molecule has 2 amide bonds. The van der Waals surface area contributed by atoms with E-state index >= 15 is 0 Å². The van der Waals surface area contributed by atoms with Crippen molar-refractivity contribution in [1.82, 2.24) is 5.32 Å². The summed E-state index contributed by atoms with van der Waals surface area (Å²) in [5.74, 6) is -1.95. The Labute approximate surface area is 94.2 Å². The monoisotopic (exact) mass is 230 g/mol. The van der Waals surface area contributed by atoms with Gasteiger partial charge in [-0.05, 0) is 12.3 Å². The Morgan fingerprint density at radius 2 is 1.81 bits per heavy atom. The molecule has 0 aliphatic rings. The second-order valence-electron chi connectivity index (χ2n) is 3.94. The summed E-state index contributed by atoms with van der Waals surface area (Å²) in [6.07, 6.45) is 0.282. The van der Waals surface area contributed by atoms with E-state index in [1.54, 1.807) is 13.8 Å². The number of hydrogen-bond acceptors (Lipinski definition) is 3. The average molecular weight is 230 g/mol. The molecule has 0 aliphatic heterocycles. The summed E-state index contributed by atoms with van der Waals surface area (Å²) in [4.78, 5) is 32.5. The maximum absolute atomic E-state index is 11.3. The van der Waals surface area contributed by atoms with Crippen molar-refractivity contribution in [3.05, 3.63) is 0 Å². The summed E-state index contributed by atoms with van der Waals surface area (Å²) in [7, 11) is 0. The lowest BCUT2D eigenvalue weighted by molar-refractivity contribution is -0.137. The van der Waals surface area contributed by atoms with Crippen LogP contribution in [0.25, 0.3) is 0 Å². The molecule has 92 valence electrons. The molecule has 0 aliphatic carbocycles. The summed E-state index contributed by atoms with van der Waals surface area (Å²) < 4.78 is 0. The minimum absolute atomic E-state index is 0.0592. The van der Waals surface area contributed by atoms with E-state index in [9.17, 15) is 14.4 Å². The van der Waals surface area contributed by atoms with E-state index in [1.165, 1.54) is 0 Å². The predicted octanol–water partition coefficient (Wildman–Crippen LogP) is -0.133. The standard InChI is InChI=1S/C10H18N2O4/c1-6(2)9(10(11)16)12-7(13)4-3-5-8(14)15/h6,9H,3-5H2,1-2H3,(H2,11,16)(H,12,13)(H,14,15)/t9-/m1/s1. The number of carbonyl (C=O) groups is 3. The maximum Gasteiger partial charge on any atom is 0.303 e. The van der Waals surface area contributed by atoms with Gasteiger partial charge in [0.15, 0.2) is 0 Å². The third kappa shape index (κ3) is 6.00. The predicted molar refractivity (Wildman–Crippen MR) is 57.4 cm³/mol. The number of carbonyl (C=O) groups excluding carboxylic acids is 2. The molecule has 6 heteroatoms. The number of nitrogens with one attached hydrogen (secondary N) is 1. The van der Waals surface area contributed by atoms with Crippen molar-refractivity contribution in [1.29, 1.82) is 0 Å². The highest BCUT2D eigenvalue weighted by Crippen LogP contribution is 2.02. The lowest BCUT2D eigenvalue weighted by Gasteiger charge is -2.18. The number of rotatable bonds is 7. The second kappa shape index (κ2) is 6.81. The zero-order chi connectivity index (χ0) is 12.7. The van der Waals surface area contributed by atoms with Crippen LogP contribution in [0, 0.1) is 5.92 Å². The molecule has 0 aromatic carbocycles. The average Bonchev–Trinajstić information content (AvgIpc) is 2.12. The van der Waals surface area contributed by atoms with Gasteiger partial charge in [-0.25, -0.2) is 0 Å². The number of amides is 2. The van der Waals surface area contributed by atoms with Crippen LogP contribution in [0.4, 0.5) is 0 Å². The van der Waals surface area contributed by atoms with Crippen molar-refractivity contribution in [3.8, 4) is 0 Å². The second-order valence-corrected chi connectivity index (χ2v) is 3.94. The van der Waals surface area contributed by atoms with Crippen LogP contribution < -0.4 is 11.1 Å². The van der Waals surface area contributed by atoms with Gasteiger partial charge in [-0.3, -0.25) is 14.4 Å². The van der Waals surface area contributed by atoms with Crippen LogP contribution >= 0.6 is 0 Å². The van der Waals surface area contributed by atoms with E-state index in [4.69, 9.17) is 10.8 Å². The van der Waals surface area contributed by atoms with Crippen LogP contribution in [-0.4, -0.2) is 28.9 Å². The Morgan fingerprint density at radius 3 is 2.19 bits per heavy atom. The van der Waals surface area contributed by atoms with E-state index in [0.717, 1.165) is 0 Å². The molecule has 4 N–H and O–H groups in total. The summed E-state index contributed by atoms with van der Waals surface area (Å²) >= 11 is 0. The molecule has 0 saturated carbocycles. The molecule has 0 aromatic heterocycles. The van der Waals surface area contributed by atoms with Crippen molar-refractivity contribution in [2.24, 2.45) is 11.7 Å². The van der Waals surface area contributed by atoms with Gasteiger partial charge in [-0.15, -0.1) is 0 Å². The Balaban J connectivity index is 4.01. The van der Waals surface area contributed by atoms with Gasteiger partial charge in [0.25, 0.3) is 0 Å². The third-order valence-electron chi connectivity index (χ3n) is 2.08. The molecule has 1 atom stereocenters. The molecule has 6 nitrogen and oxygen atoms in total. The first kappa shape index (κ1) is 14.4. The highest BCUT2D eigenvalue weighted by atomic mass is 16.4. The first-order valence-electron chi connectivity index (χ1n) is 5.15. The van der Waals surface area contributed by atoms with Gasteiger partial charge in [0.05, 0.1) is 0 Å². The maximum atomic E-state index is 11.3. The van der Waals surface area contributed by atoms with Gasteiger partial charge in [-0.2, -0.15) is 0 Å². The van der Waals surface area contributed by atoms with Crippen molar-refractivity contribution >= 4 is 17.8 Å². The lowest BCUT2D eigenvalue weighted by atomic mass is 10.0. The first-order valence-corrected chi connectivity index (χ1v) is 5.15. The van der Waals surface area contributed by atoms with Crippen LogP contribution in [0.2, 0.25) is 0 Å². The normalized spacial score (nSPS) is 12.2. The summed E-state index contributed by atoms with van der Waals surface area (Å²) in [6.45, 7) is 3.54. The number of hydrogen-bond donors (Lipinski definition) is 3. The van der Waals surface area contributed by atoms with Gasteiger partial charge in [0, 0.05) is 12.8 Å². The molecule has 0 radical (unpaired) electrons. The summed E-state index contributed by atoms with van der Waals surface area (Å²) in [5.41, 5.74) is 5.12. The molecule has 0 unspecified atom stereocenters. The molecule has 0 aromatic rings. The molecular formula is C10H18N2O4. The molecule has 0 heterocycles. The van der Waals surface area contributed by atoms with Crippen LogP contribution in [-0.2, 0) is 14.4 Å².